The van der Waals surface area contributed by atoms with E-state index in [0.717, 1.165) is 5.56 Å². The van der Waals surface area contributed by atoms with Crippen LogP contribution >= 0.6 is 0 Å². The van der Waals surface area contributed by atoms with Crippen molar-refractivity contribution < 1.29 is 19.5 Å². The highest BCUT2D eigenvalue weighted by Gasteiger charge is 2.24. The maximum Gasteiger partial charge on any atom is 0.305 e. The van der Waals surface area contributed by atoms with Crippen LogP contribution in [-0.2, 0) is 16.1 Å². The normalized spacial score (nSPS) is 11.3. The summed E-state index contributed by atoms with van der Waals surface area (Å²) < 4.78 is 0. The quantitative estimate of drug-likeness (QED) is 0.720. The topological polar surface area (TPSA) is 95.5 Å². The zero-order chi connectivity index (χ0) is 17.4. The molecular weight excluding hydrogens is 308 g/mol. The Labute approximate surface area is 139 Å². The summed E-state index contributed by atoms with van der Waals surface area (Å²) in [5, 5.41) is 14.1. The SMILES string of the molecule is O=C(O)CC(NC(=O)c1ccccc1)C(=O)NCc1ccccc1. The first-order valence-electron chi connectivity index (χ1n) is 7.45. The van der Waals surface area contributed by atoms with Crippen LogP contribution in [0, 0.1) is 0 Å². The van der Waals surface area contributed by atoms with Gasteiger partial charge in [0.05, 0.1) is 6.42 Å². The molecule has 124 valence electrons. The molecule has 0 saturated carbocycles. The van der Waals surface area contributed by atoms with Gasteiger partial charge >= 0.3 is 5.97 Å². The second kappa shape index (κ2) is 8.47. The zero-order valence-corrected chi connectivity index (χ0v) is 12.9. The minimum absolute atomic E-state index is 0.261. The van der Waals surface area contributed by atoms with Crippen molar-refractivity contribution in [1.29, 1.82) is 0 Å². The van der Waals surface area contributed by atoms with Crippen molar-refractivity contribution in [3.63, 3.8) is 0 Å². The van der Waals surface area contributed by atoms with Gasteiger partial charge in [0.25, 0.3) is 5.91 Å². The standard InChI is InChI=1S/C18H18N2O4/c21-16(22)11-15(20-17(23)14-9-5-2-6-10-14)18(24)19-12-13-7-3-1-4-8-13/h1-10,15H,11-12H2,(H,19,24)(H,20,23)(H,21,22). The number of carbonyl (C=O) groups excluding carboxylic acids is 2. The van der Waals surface area contributed by atoms with Gasteiger partial charge in [-0.05, 0) is 17.7 Å². The number of carboxylic acid groups (broad SMARTS) is 1. The smallest absolute Gasteiger partial charge is 0.305 e. The number of hydrogen-bond acceptors (Lipinski definition) is 3. The summed E-state index contributed by atoms with van der Waals surface area (Å²) >= 11 is 0. The summed E-state index contributed by atoms with van der Waals surface area (Å²) in [5.74, 6) is -2.19. The van der Waals surface area contributed by atoms with Crippen LogP contribution in [0.2, 0.25) is 0 Å². The minimum Gasteiger partial charge on any atom is -0.481 e. The number of carbonyl (C=O) groups is 3. The molecule has 24 heavy (non-hydrogen) atoms. The van der Waals surface area contributed by atoms with Crippen LogP contribution in [0.15, 0.2) is 60.7 Å². The molecule has 0 aliphatic rings. The van der Waals surface area contributed by atoms with E-state index in [1.807, 2.05) is 30.3 Å². The van der Waals surface area contributed by atoms with Gasteiger partial charge in [0, 0.05) is 12.1 Å². The van der Waals surface area contributed by atoms with Gasteiger partial charge in [-0.15, -0.1) is 0 Å². The van der Waals surface area contributed by atoms with Gasteiger partial charge in [0.15, 0.2) is 0 Å². The average molecular weight is 326 g/mol. The molecule has 0 bridgehead atoms. The van der Waals surface area contributed by atoms with Crippen LogP contribution in [-0.4, -0.2) is 28.9 Å². The summed E-state index contributed by atoms with van der Waals surface area (Å²) in [4.78, 5) is 35.3. The first-order valence-corrected chi connectivity index (χ1v) is 7.45. The fourth-order valence-electron chi connectivity index (χ4n) is 2.12. The van der Waals surface area contributed by atoms with E-state index >= 15 is 0 Å². The van der Waals surface area contributed by atoms with Gasteiger partial charge in [-0.2, -0.15) is 0 Å². The molecule has 0 spiro atoms. The van der Waals surface area contributed by atoms with Gasteiger partial charge in [0.2, 0.25) is 5.91 Å². The molecule has 0 radical (unpaired) electrons. The van der Waals surface area contributed by atoms with Crippen LogP contribution in [0.1, 0.15) is 22.3 Å². The van der Waals surface area contributed by atoms with Crippen molar-refractivity contribution in [2.45, 2.75) is 19.0 Å². The molecule has 0 heterocycles. The van der Waals surface area contributed by atoms with E-state index in [0.29, 0.717) is 5.56 Å². The third kappa shape index (κ3) is 5.24. The summed E-state index contributed by atoms with van der Waals surface area (Å²) in [7, 11) is 0. The van der Waals surface area contributed by atoms with Gasteiger partial charge < -0.3 is 15.7 Å². The van der Waals surface area contributed by atoms with Gasteiger partial charge in [-0.3, -0.25) is 14.4 Å². The van der Waals surface area contributed by atoms with E-state index in [2.05, 4.69) is 10.6 Å². The Hall–Kier alpha value is -3.15. The summed E-state index contributed by atoms with van der Waals surface area (Å²) in [6.07, 6.45) is -0.487. The molecule has 0 aliphatic carbocycles. The first-order chi connectivity index (χ1) is 11.6. The number of carboxylic acids is 1. The highest BCUT2D eigenvalue weighted by Crippen LogP contribution is 2.02. The molecule has 0 saturated heterocycles. The molecule has 2 aromatic rings. The molecule has 6 heteroatoms. The Bertz CT molecular complexity index is 701. The predicted molar refractivity (Wildman–Crippen MR) is 88.2 cm³/mol. The van der Waals surface area contributed by atoms with Crippen LogP contribution < -0.4 is 10.6 Å². The molecule has 1 atom stereocenters. The lowest BCUT2D eigenvalue weighted by atomic mass is 10.1. The largest absolute Gasteiger partial charge is 0.481 e. The Morgan fingerprint density at radius 2 is 1.50 bits per heavy atom. The highest BCUT2D eigenvalue weighted by molar-refractivity contribution is 5.98. The Morgan fingerprint density at radius 1 is 0.917 bits per heavy atom. The Balaban J connectivity index is 2.00. The summed E-state index contributed by atoms with van der Waals surface area (Å²) in [6, 6.07) is 16.4. The van der Waals surface area contributed by atoms with Crippen molar-refractivity contribution in [3.8, 4) is 0 Å². The molecule has 0 aliphatic heterocycles. The summed E-state index contributed by atoms with van der Waals surface area (Å²) in [6.45, 7) is 0.261. The lowest BCUT2D eigenvalue weighted by molar-refractivity contribution is -0.139. The first kappa shape index (κ1) is 17.2. The number of rotatable bonds is 7. The number of aliphatic carboxylic acids is 1. The van der Waals surface area contributed by atoms with Crippen molar-refractivity contribution in [2.24, 2.45) is 0 Å². The monoisotopic (exact) mass is 326 g/mol. The van der Waals surface area contributed by atoms with E-state index < -0.39 is 30.2 Å². The second-order valence-electron chi connectivity index (χ2n) is 5.19. The van der Waals surface area contributed by atoms with Crippen molar-refractivity contribution in [1.82, 2.24) is 10.6 Å². The van der Waals surface area contributed by atoms with Crippen molar-refractivity contribution in [3.05, 3.63) is 71.8 Å². The lowest BCUT2D eigenvalue weighted by Gasteiger charge is -2.17. The third-order valence-electron chi connectivity index (χ3n) is 3.35. The molecule has 1 unspecified atom stereocenters. The molecule has 2 aromatic carbocycles. The molecular formula is C18H18N2O4. The molecule has 0 aromatic heterocycles. The second-order valence-corrected chi connectivity index (χ2v) is 5.19. The average Bonchev–Trinajstić information content (AvgIpc) is 2.60. The zero-order valence-electron chi connectivity index (χ0n) is 12.9. The van der Waals surface area contributed by atoms with E-state index in [9.17, 15) is 14.4 Å². The molecule has 2 rings (SSSR count). The van der Waals surface area contributed by atoms with Crippen LogP contribution in [0.4, 0.5) is 0 Å². The van der Waals surface area contributed by atoms with Gasteiger partial charge in [-0.1, -0.05) is 48.5 Å². The van der Waals surface area contributed by atoms with E-state index in [1.54, 1.807) is 30.3 Å². The maximum atomic E-state index is 12.2. The van der Waals surface area contributed by atoms with E-state index in [1.165, 1.54) is 0 Å². The van der Waals surface area contributed by atoms with Gasteiger partial charge in [0.1, 0.15) is 6.04 Å². The fraction of sp³-hybridized carbons (Fsp3) is 0.167. The molecule has 0 fully saturated rings. The van der Waals surface area contributed by atoms with E-state index in [-0.39, 0.29) is 6.54 Å². The predicted octanol–water partition coefficient (Wildman–Crippen LogP) is 1.58. The van der Waals surface area contributed by atoms with Gasteiger partial charge in [-0.25, -0.2) is 0 Å². The highest BCUT2D eigenvalue weighted by atomic mass is 16.4. The Morgan fingerprint density at radius 3 is 2.08 bits per heavy atom. The number of hydrogen-bond donors (Lipinski definition) is 3. The molecule has 6 nitrogen and oxygen atoms in total. The van der Waals surface area contributed by atoms with Crippen LogP contribution in [0.3, 0.4) is 0 Å². The fourth-order valence-corrected chi connectivity index (χ4v) is 2.12. The van der Waals surface area contributed by atoms with Crippen molar-refractivity contribution >= 4 is 17.8 Å². The van der Waals surface area contributed by atoms with Crippen LogP contribution in [0.25, 0.3) is 0 Å². The maximum absolute atomic E-state index is 12.2. The van der Waals surface area contributed by atoms with E-state index in [4.69, 9.17) is 5.11 Å². The van der Waals surface area contributed by atoms with Crippen LogP contribution in [0.5, 0.6) is 0 Å². The Kier molecular flexibility index (Phi) is 6.08. The third-order valence-corrected chi connectivity index (χ3v) is 3.35. The molecule has 3 N–H and O–H groups in total. The number of amides is 2. The number of benzene rings is 2. The molecule has 2 amide bonds. The lowest BCUT2D eigenvalue weighted by Crippen LogP contribution is -2.47. The van der Waals surface area contributed by atoms with Crippen molar-refractivity contribution in [2.75, 3.05) is 0 Å². The minimum atomic E-state index is -1.16. The summed E-state index contributed by atoms with van der Waals surface area (Å²) in [5.41, 5.74) is 1.25. The number of nitrogens with one attached hydrogen (secondary N) is 2.